The smallest absolute Gasteiger partial charge is 0.321 e. The number of nitrogens with one attached hydrogen (secondary N) is 2. The summed E-state index contributed by atoms with van der Waals surface area (Å²) in [6, 6.07) is 7.03. The standard InChI is InChI=1S/C19H26N4O4/c1-13(12-26-2)20-19(25)22-17(24)11-23-9-5-6-14(10-23)18-21-15-7-3-4-8-16(15)27-18/h3-4,7-8,13-14H,5-6,9-12H2,1-2H3,(H2,20,22,24,25). The molecule has 2 heterocycles. The number of piperidine rings is 1. The number of methoxy groups -OCH3 is 1. The van der Waals surface area contributed by atoms with Crippen LogP contribution in [0.3, 0.4) is 0 Å². The van der Waals surface area contributed by atoms with Crippen molar-refractivity contribution in [3.63, 3.8) is 0 Å². The number of ether oxygens (including phenoxy) is 1. The molecular weight excluding hydrogens is 348 g/mol. The average molecular weight is 374 g/mol. The van der Waals surface area contributed by atoms with Crippen LogP contribution >= 0.6 is 0 Å². The number of para-hydroxylation sites is 2. The highest BCUT2D eigenvalue weighted by Crippen LogP contribution is 2.28. The monoisotopic (exact) mass is 374 g/mol. The van der Waals surface area contributed by atoms with Crippen molar-refractivity contribution in [2.24, 2.45) is 0 Å². The largest absolute Gasteiger partial charge is 0.440 e. The summed E-state index contributed by atoms with van der Waals surface area (Å²) in [6.07, 6.45) is 1.92. The number of aromatic nitrogens is 1. The molecule has 1 aliphatic rings. The van der Waals surface area contributed by atoms with Gasteiger partial charge in [0.15, 0.2) is 11.5 Å². The van der Waals surface area contributed by atoms with Gasteiger partial charge in [-0.15, -0.1) is 0 Å². The first-order valence-corrected chi connectivity index (χ1v) is 9.22. The zero-order valence-corrected chi connectivity index (χ0v) is 15.7. The van der Waals surface area contributed by atoms with Gasteiger partial charge in [-0.1, -0.05) is 12.1 Å². The number of hydrogen-bond acceptors (Lipinski definition) is 6. The van der Waals surface area contributed by atoms with Gasteiger partial charge in [0.25, 0.3) is 0 Å². The van der Waals surface area contributed by atoms with Crippen molar-refractivity contribution in [3.05, 3.63) is 30.2 Å². The number of imide groups is 1. The van der Waals surface area contributed by atoms with E-state index >= 15 is 0 Å². The minimum atomic E-state index is -0.503. The van der Waals surface area contributed by atoms with Gasteiger partial charge in [0.2, 0.25) is 5.91 Å². The minimum absolute atomic E-state index is 0.148. The third kappa shape index (κ3) is 5.27. The predicted molar refractivity (Wildman–Crippen MR) is 100 cm³/mol. The number of benzene rings is 1. The normalized spacial score (nSPS) is 19.0. The van der Waals surface area contributed by atoms with Gasteiger partial charge in [0.05, 0.1) is 19.2 Å². The molecule has 0 saturated carbocycles. The summed E-state index contributed by atoms with van der Waals surface area (Å²) < 4.78 is 10.8. The maximum atomic E-state index is 12.2. The molecule has 0 spiro atoms. The Labute approximate surface area is 158 Å². The summed E-state index contributed by atoms with van der Waals surface area (Å²) in [6.45, 7) is 3.86. The fourth-order valence-electron chi connectivity index (χ4n) is 3.39. The van der Waals surface area contributed by atoms with E-state index in [0.29, 0.717) is 19.0 Å². The molecule has 1 aromatic carbocycles. The number of likely N-dealkylation sites (tertiary alicyclic amines) is 1. The molecule has 0 aliphatic carbocycles. The molecule has 1 fully saturated rings. The van der Waals surface area contributed by atoms with E-state index in [2.05, 4.69) is 15.6 Å². The van der Waals surface area contributed by atoms with Crippen molar-refractivity contribution in [2.45, 2.75) is 31.7 Å². The van der Waals surface area contributed by atoms with Gasteiger partial charge in [-0.25, -0.2) is 9.78 Å². The van der Waals surface area contributed by atoms with Crippen LogP contribution in [0.5, 0.6) is 0 Å². The summed E-state index contributed by atoms with van der Waals surface area (Å²) >= 11 is 0. The molecule has 3 rings (SSSR count). The molecule has 27 heavy (non-hydrogen) atoms. The van der Waals surface area contributed by atoms with Crippen molar-refractivity contribution in [1.82, 2.24) is 20.5 Å². The Morgan fingerprint density at radius 1 is 1.41 bits per heavy atom. The number of hydrogen-bond donors (Lipinski definition) is 2. The molecular formula is C19H26N4O4. The molecule has 1 saturated heterocycles. The Hall–Kier alpha value is -2.45. The van der Waals surface area contributed by atoms with E-state index in [4.69, 9.17) is 9.15 Å². The summed E-state index contributed by atoms with van der Waals surface area (Å²) in [5, 5.41) is 5.03. The second-order valence-corrected chi connectivity index (χ2v) is 6.97. The van der Waals surface area contributed by atoms with E-state index in [-0.39, 0.29) is 24.4 Å². The lowest BCUT2D eigenvalue weighted by Crippen LogP contribution is -2.49. The van der Waals surface area contributed by atoms with Gasteiger partial charge in [0, 0.05) is 19.6 Å². The van der Waals surface area contributed by atoms with Crippen LogP contribution in [0.4, 0.5) is 4.79 Å². The molecule has 2 aromatic rings. The zero-order chi connectivity index (χ0) is 19.2. The van der Waals surface area contributed by atoms with Crippen LogP contribution in [0.2, 0.25) is 0 Å². The first kappa shape index (κ1) is 19.3. The van der Waals surface area contributed by atoms with Crippen molar-refractivity contribution in [2.75, 3.05) is 33.4 Å². The first-order valence-electron chi connectivity index (χ1n) is 9.22. The fourth-order valence-corrected chi connectivity index (χ4v) is 3.39. The number of rotatable bonds is 6. The Kier molecular flexibility index (Phi) is 6.41. The number of fused-ring (bicyclic) bond motifs is 1. The molecule has 0 bridgehead atoms. The summed E-state index contributed by atoms with van der Waals surface area (Å²) in [5.41, 5.74) is 1.63. The number of oxazole rings is 1. The van der Waals surface area contributed by atoms with E-state index < -0.39 is 6.03 Å². The molecule has 1 aliphatic heterocycles. The highest BCUT2D eigenvalue weighted by atomic mass is 16.5. The second-order valence-electron chi connectivity index (χ2n) is 6.97. The van der Waals surface area contributed by atoms with Crippen LogP contribution < -0.4 is 10.6 Å². The molecule has 0 radical (unpaired) electrons. The predicted octanol–water partition coefficient (Wildman–Crippen LogP) is 1.87. The van der Waals surface area contributed by atoms with Gasteiger partial charge >= 0.3 is 6.03 Å². The highest BCUT2D eigenvalue weighted by Gasteiger charge is 2.27. The Morgan fingerprint density at radius 2 is 2.22 bits per heavy atom. The quantitative estimate of drug-likeness (QED) is 0.801. The lowest BCUT2D eigenvalue weighted by atomic mass is 9.98. The van der Waals surface area contributed by atoms with Gasteiger partial charge in [-0.05, 0) is 38.4 Å². The van der Waals surface area contributed by atoms with Crippen LogP contribution in [0.25, 0.3) is 11.1 Å². The van der Waals surface area contributed by atoms with Gasteiger partial charge < -0.3 is 14.5 Å². The summed E-state index contributed by atoms with van der Waals surface area (Å²) in [4.78, 5) is 30.6. The number of amides is 3. The highest BCUT2D eigenvalue weighted by molar-refractivity contribution is 5.95. The van der Waals surface area contributed by atoms with Gasteiger partial charge in [0.1, 0.15) is 5.52 Å². The van der Waals surface area contributed by atoms with Gasteiger partial charge in [-0.2, -0.15) is 0 Å². The van der Waals surface area contributed by atoms with Crippen LogP contribution in [-0.4, -0.2) is 61.2 Å². The van der Waals surface area contributed by atoms with Crippen LogP contribution in [0.15, 0.2) is 28.7 Å². The maximum Gasteiger partial charge on any atom is 0.321 e. The van der Waals surface area contributed by atoms with E-state index in [1.165, 1.54) is 0 Å². The Bertz CT molecular complexity index is 758. The van der Waals surface area contributed by atoms with E-state index in [1.807, 2.05) is 36.1 Å². The molecule has 8 nitrogen and oxygen atoms in total. The zero-order valence-electron chi connectivity index (χ0n) is 15.7. The lowest BCUT2D eigenvalue weighted by molar-refractivity contribution is -0.121. The molecule has 2 atom stereocenters. The third-order valence-corrected chi connectivity index (χ3v) is 4.58. The van der Waals surface area contributed by atoms with Crippen molar-refractivity contribution < 1.29 is 18.7 Å². The average Bonchev–Trinajstić information content (AvgIpc) is 3.06. The SMILES string of the molecule is COCC(C)NC(=O)NC(=O)CN1CCCC(c2nc3ccccc3o2)C1. The van der Waals surface area contributed by atoms with E-state index in [1.54, 1.807) is 7.11 Å². The molecule has 2 N–H and O–H groups in total. The topological polar surface area (TPSA) is 96.7 Å². The molecule has 1 aromatic heterocycles. The summed E-state index contributed by atoms with van der Waals surface area (Å²) in [5.74, 6) is 0.539. The summed E-state index contributed by atoms with van der Waals surface area (Å²) in [7, 11) is 1.56. The molecule has 2 unspecified atom stereocenters. The first-order chi connectivity index (χ1) is 13.0. The van der Waals surface area contributed by atoms with Crippen LogP contribution in [-0.2, 0) is 9.53 Å². The molecule has 8 heteroatoms. The minimum Gasteiger partial charge on any atom is -0.440 e. The fraction of sp³-hybridized carbons (Fsp3) is 0.526. The van der Waals surface area contributed by atoms with Crippen LogP contribution in [0.1, 0.15) is 31.6 Å². The number of carbonyl (C=O) groups excluding carboxylic acids is 2. The van der Waals surface area contributed by atoms with Crippen molar-refractivity contribution in [1.29, 1.82) is 0 Å². The lowest BCUT2D eigenvalue weighted by Gasteiger charge is -2.30. The maximum absolute atomic E-state index is 12.2. The Balaban J connectivity index is 1.52. The van der Waals surface area contributed by atoms with Crippen LogP contribution in [0, 0.1) is 0 Å². The third-order valence-electron chi connectivity index (χ3n) is 4.58. The number of nitrogens with zero attached hydrogens (tertiary/aromatic N) is 2. The Morgan fingerprint density at radius 3 is 3.00 bits per heavy atom. The van der Waals surface area contributed by atoms with E-state index in [9.17, 15) is 9.59 Å². The number of carbonyl (C=O) groups is 2. The number of urea groups is 1. The van der Waals surface area contributed by atoms with E-state index in [0.717, 1.165) is 30.5 Å². The van der Waals surface area contributed by atoms with Crippen molar-refractivity contribution >= 4 is 23.0 Å². The second kappa shape index (κ2) is 8.96. The van der Waals surface area contributed by atoms with Crippen molar-refractivity contribution in [3.8, 4) is 0 Å². The molecule has 3 amide bonds. The van der Waals surface area contributed by atoms with Gasteiger partial charge in [-0.3, -0.25) is 15.0 Å². The molecule has 146 valence electrons.